The van der Waals surface area contributed by atoms with Crippen LogP contribution in [0, 0.1) is 5.92 Å². The molecular formula is C12H19NO4. The number of carbonyl (C=O) groups is 2. The minimum Gasteiger partial charge on any atom is -0.481 e. The monoisotopic (exact) mass is 241 g/mol. The van der Waals surface area contributed by atoms with E-state index in [9.17, 15) is 9.59 Å². The highest BCUT2D eigenvalue weighted by molar-refractivity contribution is 5.81. The van der Waals surface area contributed by atoms with Gasteiger partial charge in [-0.1, -0.05) is 0 Å². The molecule has 2 saturated heterocycles. The molecule has 0 aromatic heterocycles. The maximum absolute atomic E-state index is 12.1. The first-order chi connectivity index (χ1) is 8.18. The van der Waals surface area contributed by atoms with Crippen LogP contribution < -0.4 is 0 Å². The first-order valence-electron chi connectivity index (χ1n) is 6.31. The first-order valence-corrected chi connectivity index (χ1v) is 6.31. The van der Waals surface area contributed by atoms with Gasteiger partial charge in [0, 0.05) is 19.7 Å². The Kier molecular flexibility index (Phi) is 3.99. The van der Waals surface area contributed by atoms with Crippen molar-refractivity contribution >= 4 is 11.9 Å². The van der Waals surface area contributed by atoms with E-state index in [-0.39, 0.29) is 17.9 Å². The van der Waals surface area contributed by atoms with Crippen LogP contribution in [-0.2, 0) is 14.3 Å². The van der Waals surface area contributed by atoms with E-state index in [1.165, 1.54) is 0 Å². The molecule has 0 spiro atoms. The average Bonchev–Trinajstić information content (AvgIpc) is 2.39. The van der Waals surface area contributed by atoms with Crippen molar-refractivity contribution in [3.05, 3.63) is 0 Å². The highest BCUT2D eigenvalue weighted by Gasteiger charge is 2.31. The lowest BCUT2D eigenvalue weighted by molar-refractivity contribution is -0.151. The fourth-order valence-corrected chi connectivity index (χ4v) is 2.49. The van der Waals surface area contributed by atoms with Crippen LogP contribution in [0.4, 0.5) is 0 Å². The molecule has 1 atom stereocenters. The van der Waals surface area contributed by atoms with E-state index >= 15 is 0 Å². The molecule has 2 aliphatic heterocycles. The Morgan fingerprint density at radius 1 is 1.12 bits per heavy atom. The zero-order valence-corrected chi connectivity index (χ0v) is 9.93. The molecule has 1 amide bonds. The standard InChI is InChI=1S/C12H19NO4/c14-11(10-3-1-2-8-17-10)13-6-4-9(5-7-13)12(15)16/h9-10H,1-8H2,(H,15,16)/t10-/m0/s1. The van der Waals surface area contributed by atoms with Crippen LogP contribution in [0.25, 0.3) is 0 Å². The molecule has 0 radical (unpaired) electrons. The predicted molar refractivity (Wildman–Crippen MR) is 60.5 cm³/mol. The van der Waals surface area contributed by atoms with E-state index < -0.39 is 5.97 Å². The van der Waals surface area contributed by atoms with Crippen molar-refractivity contribution in [3.63, 3.8) is 0 Å². The molecule has 0 saturated carbocycles. The van der Waals surface area contributed by atoms with Crippen LogP contribution in [0.2, 0.25) is 0 Å². The number of ether oxygens (including phenoxy) is 1. The fourth-order valence-electron chi connectivity index (χ4n) is 2.49. The number of carboxylic acids is 1. The van der Waals surface area contributed by atoms with Gasteiger partial charge in [0.1, 0.15) is 6.10 Å². The van der Waals surface area contributed by atoms with E-state index in [4.69, 9.17) is 9.84 Å². The van der Waals surface area contributed by atoms with Gasteiger partial charge in [0.2, 0.25) is 0 Å². The zero-order valence-electron chi connectivity index (χ0n) is 9.93. The van der Waals surface area contributed by atoms with Crippen LogP contribution in [0.15, 0.2) is 0 Å². The third kappa shape index (κ3) is 2.97. The smallest absolute Gasteiger partial charge is 0.306 e. The second kappa shape index (κ2) is 5.49. The van der Waals surface area contributed by atoms with Gasteiger partial charge in [-0.05, 0) is 32.1 Å². The Morgan fingerprint density at radius 3 is 2.35 bits per heavy atom. The van der Waals surface area contributed by atoms with Crippen molar-refractivity contribution in [3.8, 4) is 0 Å². The molecule has 0 aromatic carbocycles. The Balaban J connectivity index is 1.83. The minimum atomic E-state index is -0.744. The summed E-state index contributed by atoms with van der Waals surface area (Å²) in [6, 6.07) is 0. The molecule has 2 aliphatic rings. The first kappa shape index (κ1) is 12.4. The molecule has 5 nitrogen and oxygen atoms in total. The van der Waals surface area contributed by atoms with Gasteiger partial charge in [-0.2, -0.15) is 0 Å². The Hall–Kier alpha value is -1.10. The van der Waals surface area contributed by atoms with Gasteiger partial charge in [0.15, 0.2) is 0 Å². The molecule has 2 rings (SSSR count). The molecule has 0 aliphatic carbocycles. The van der Waals surface area contributed by atoms with Gasteiger partial charge in [0.25, 0.3) is 5.91 Å². The van der Waals surface area contributed by atoms with Crippen LogP contribution in [0.3, 0.4) is 0 Å². The van der Waals surface area contributed by atoms with Crippen molar-refractivity contribution in [2.45, 2.75) is 38.2 Å². The van der Waals surface area contributed by atoms with E-state index in [1.54, 1.807) is 4.90 Å². The highest BCUT2D eigenvalue weighted by Crippen LogP contribution is 2.21. The Bertz CT molecular complexity index is 291. The van der Waals surface area contributed by atoms with Gasteiger partial charge >= 0.3 is 5.97 Å². The molecule has 0 unspecified atom stereocenters. The van der Waals surface area contributed by atoms with Crippen molar-refractivity contribution in [2.24, 2.45) is 5.92 Å². The number of carboxylic acid groups (broad SMARTS) is 1. The van der Waals surface area contributed by atoms with E-state index in [0.29, 0.717) is 32.5 Å². The number of rotatable bonds is 2. The molecule has 1 N–H and O–H groups in total. The number of amides is 1. The second-order valence-corrected chi connectivity index (χ2v) is 4.79. The molecule has 2 heterocycles. The maximum atomic E-state index is 12.1. The lowest BCUT2D eigenvalue weighted by Gasteiger charge is -2.33. The molecule has 5 heteroatoms. The van der Waals surface area contributed by atoms with Crippen molar-refractivity contribution < 1.29 is 19.4 Å². The molecule has 2 fully saturated rings. The predicted octanol–water partition coefficient (Wildman–Crippen LogP) is 0.879. The molecule has 96 valence electrons. The number of nitrogens with zero attached hydrogens (tertiary/aromatic N) is 1. The van der Waals surface area contributed by atoms with Crippen molar-refractivity contribution in [1.82, 2.24) is 4.90 Å². The van der Waals surface area contributed by atoms with Crippen LogP contribution in [0.1, 0.15) is 32.1 Å². The van der Waals surface area contributed by atoms with Gasteiger partial charge < -0.3 is 14.7 Å². The summed E-state index contributed by atoms with van der Waals surface area (Å²) >= 11 is 0. The number of carbonyl (C=O) groups excluding carboxylic acids is 1. The second-order valence-electron chi connectivity index (χ2n) is 4.79. The summed E-state index contributed by atoms with van der Waals surface area (Å²) in [5, 5.41) is 8.88. The Labute approximate surface area is 101 Å². The average molecular weight is 241 g/mol. The summed E-state index contributed by atoms with van der Waals surface area (Å²) in [6.45, 7) is 1.77. The summed E-state index contributed by atoms with van der Waals surface area (Å²) in [5.41, 5.74) is 0. The summed E-state index contributed by atoms with van der Waals surface area (Å²) in [7, 11) is 0. The topological polar surface area (TPSA) is 66.8 Å². The lowest BCUT2D eigenvalue weighted by Crippen LogP contribution is -2.46. The zero-order chi connectivity index (χ0) is 12.3. The Morgan fingerprint density at radius 2 is 1.82 bits per heavy atom. The molecule has 0 bridgehead atoms. The normalized spacial score (nSPS) is 26.8. The van der Waals surface area contributed by atoms with Gasteiger partial charge in [-0.25, -0.2) is 0 Å². The summed E-state index contributed by atoms with van der Waals surface area (Å²) in [5.74, 6) is -0.981. The number of piperidine rings is 1. The summed E-state index contributed by atoms with van der Waals surface area (Å²) in [6.07, 6.45) is 3.72. The summed E-state index contributed by atoms with van der Waals surface area (Å²) in [4.78, 5) is 24.6. The van der Waals surface area contributed by atoms with Crippen LogP contribution >= 0.6 is 0 Å². The third-order valence-electron chi connectivity index (χ3n) is 3.61. The SMILES string of the molecule is O=C(O)C1CCN(C(=O)[C@@H]2CCCCO2)CC1. The number of hydrogen-bond acceptors (Lipinski definition) is 3. The third-order valence-corrected chi connectivity index (χ3v) is 3.61. The van der Waals surface area contributed by atoms with E-state index in [1.807, 2.05) is 0 Å². The van der Waals surface area contributed by atoms with Crippen LogP contribution in [-0.4, -0.2) is 47.7 Å². The van der Waals surface area contributed by atoms with Crippen molar-refractivity contribution in [1.29, 1.82) is 0 Å². The van der Waals surface area contributed by atoms with E-state index in [0.717, 1.165) is 19.3 Å². The quantitative estimate of drug-likeness (QED) is 0.779. The number of likely N-dealkylation sites (tertiary alicyclic amines) is 1. The highest BCUT2D eigenvalue weighted by atomic mass is 16.5. The molecule has 0 aromatic rings. The summed E-state index contributed by atoms with van der Waals surface area (Å²) < 4.78 is 5.46. The van der Waals surface area contributed by atoms with Gasteiger partial charge in [-0.15, -0.1) is 0 Å². The van der Waals surface area contributed by atoms with Gasteiger partial charge in [0.05, 0.1) is 5.92 Å². The fraction of sp³-hybridized carbons (Fsp3) is 0.833. The maximum Gasteiger partial charge on any atom is 0.306 e. The van der Waals surface area contributed by atoms with Crippen molar-refractivity contribution in [2.75, 3.05) is 19.7 Å². The van der Waals surface area contributed by atoms with Gasteiger partial charge in [-0.3, -0.25) is 9.59 Å². The number of hydrogen-bond donors (Lipinski definition) is 1. The van der Waals surface area contributed by atoms with Crippen LogP contribution in [0.5, 0.6) is 0 Å². The molecular weight excluding hydrogens is 222 g/mol. The largest absolute Gasteiger partial charge is 0.481 e. The molecule has 17 heavy (non-hydrogen) atoms. The lowest BCUT2D eigenvalue weighted by atomic mass is 9.96. The minimum absolute atomic E-state index is 0.0496. The number of aliphatic carboxylic acids is 1. The van der Waals surface area contributed by atoms with E-state index in [2.05, 4.69) is 0 Å².